The number of carboxylic acids is 1. The molecule has 1 atom stereocenters. The Morgan fingerprint density at radius 1 is 1.25 bits per heavy atom. The molecule has 172 valence electrons. The van der Waals surface area contributed by atoms with E-state index < -0.39 is 24.0 Å². The van der Waals surface area contributed by atoms with Gasteiger partial charge in [-0.05, 0) is 12.0 Å². The van der Waals surface area contributed by atoms with Crippen molar-refractivity contribution in [2.75, 3.05) is 13.2 Å². The fourth-order valence-corrected chi connectivity index (χ4v) is 2.68. The van der Waals surface area contributed by atoms with Crippen molar-refractivity contribution in [1.29, 1.82) is 5.41 Å². The second-order valence-corrected chi connectivity index (χ2v) is 7.08. The minimum Gasteiger partial charge on any atom is -0.480 e. The van der Waals surface area contributed by atoms with Crippen LogP contribution in [0.25, 0.3) is 11.3 Å². The Bertz CT molecular complexity index is 940. The van der Waals surface area contributed by atoms with Gasteiger partial charge in [0.25, 0.3) is 0 Å². The molecule has 0 radical (unpaired) electrons. The van der Waals surface area contributed by atoms with Gasteiger partial charge in [-0.25, -0.2) is 9.59 Å². The summed E-state index contributed by atoms with van der Waals surface area (Å²) in [6, 6.07) is 7.55. The Balaban J connectivity index is 1.86. The van der Waals surface area contributed by atoms with Gasteiger partial charge in [0.1, 0.15) is 17.5 Å². The number of benzene rings is 1. The highest BCUT2D eigenvalue weighted by molar-refractivity contribution is 5.82. The highest BCUT2D eigenvalue weighted by atomic mass is 16.5. The molecule has 2 rings (SSSR count). The number of unbranched alkanes of at least 4 members (excludes halogenated alkanes) is 1. The number of carboxylic acid groups (broad SMARTS) is 1. The second kappa shape index (κ2) is 12.1. The van der Waals surface area contributed by atoms with Crippen LogP contribution in [-0.4, -0.2) is 53.3 Å². The number of nitrogens with zero attached hydrogens (tertiary/aromatic N) is 1. The van der Waals surface area contributed by atoms with Crippen molar-refractivity contribution in [3.63, 3.8) is 0 Å². The largest absolute Gasteiger partial charge is 0.480 e. The lowest BCUT2D eigenvalue weighted by molar-refractivity contribution is -0.139. The molecule has 0 aliphatic rings. The van der Waals surface area contributed by atoms with Gasteiger partial charge in [0, 0.05) is 24.6 Å². The van der Waals surface area contributed by atoms with E-state index in [1.807, 2.05) is 31.2 Å². The number of carbonyl (C=O) groups excluding carboxylic acids is 2. The molecule has 0 saturated heterocycles. The van der Waals surface area contributed by atoms with Crippen LogP contribution in [-0.2, 0) is 27.2 Å². The summed E-state index contributed by atoms with van der Waals surface area (Å²) < 4.78 is 10.1. The van der Waals surface area contributed by atoms with E-state index in [4.69, 9.17) is 20.4 Å². The van der Waals surface area contributed by atoms with E-state index in [9.17, 15) is 19.5 Å². The van der Waals surface area contributed by atoms with Gasteiger partial charge in [0.2, 0.25) is 5.91 Å². The highest BCUT2D eigenvalue weighted by Gasteiger charge is 2.22. The summed E-state index contributed by atoms with van der Waals surface area (Å²) >= 11 is 0. The number of hydrogen-bond donors (Lipinski definition) is 5. The first-order chi connectivity index (χ1) is 15.3. The maximum absolute atomic E-state index is 12.2. The Kier molecular flexibility index (Phi) is 9.21. The van der Waals surface area contributed by atoms with E-state index in [0.29, 0.717) is 24.3 Å². The minimum atomic E-state index is -1.33. The van der Waals surface area contributed by atoms with Crippen LogP contribution in [0, 0.1) is 5.41 Å². The van der Waals surface area contributed by atoms with Gasteiger partial charge in [0.05, 0.1) is 18.9 Å². The molecule has 0 bridgehead atoms. The van der Waals surface area contributed by atoms with Crippen molar-refractivity contribution in [2.24, 2.45) is 5.73 Å². The van der Waals surface area contributed by atoms with E-state index in [-0.39, 0.29) is 25.4 Å². The third-order valence-electron chi connectivity index (χ3n) is 4.36. The number of amidine groups is 1. The van der Waals surface area contributed by atoms with Crippen LogP contribution in [0.3, 0.4) is 0 Å². The van der Waals surface area contributed by atoms with Gasteiger partial charge in [-0.1, -0.05) is 42.8 Å². The third kappa shape index (κ3) is 8.09. The van der Waals surface area contributed by atoms with Crippen LogP contribution < -0.4 is 16.4 Å². The molecule has 1 aromatic heterocycles. The molecule has 0 aliphatic carbocycles. The summed E-state index contributed by atoms with van der Waals surface area (Å²) in [5.74, 6) is -1.42. The molecule has 0 spiro atoms. The quantitative estimate of drug-likeness (QED) is 0.185. The average molecular weight is 445 g/mol. The standard InChI is InChI=1S/C21H27N5O6/c1-2-3-8-31-21(30)25-17(20(28)29)12-24-19(27)11-15-10-16(26-32-15)14-6-4-13(5-7-14)9-18(22)23/h4-7,10,17H,2-3,8-9,11-12H2,1H3,(H3,22,23)(H,24,27)(H,25,30)(H,28,29). The molecule has 0 fully saturated rings. The predicted octanol–water partition coefficient (Wildman–Crippen LogP) is 1.46. The first kappa shape index (κ1) is 24.4. The number of aliphatic carboxylic acids is 1. The van der Waals surface area contributed by atoms with Gasteiger partial charge >= 0.3 is 12.1 Å². The summed E-state index contributed by atoms with van der Waals surface area (Å²) in [6.07, 6.45) is 0.856. The molecule has 1 unspecified atom stereocenters. The predicted molar refractivity (Wildman–Crippen MR) is 115 cm³/mol. The van der Waals surface area contributed by atoms with Crippen LogP contribution in [0.2, 0.25) is 0 Å². The SMILES string of the molecule is CCCCOC(=O)NC(CNC(=O)Cc1cc(-c2ccc(CC(=N)N)cc2)no1)C(=O)O. The van der Waals surface area contributed by atoms with Crippen molar-refractivity contribution in [3.05, 3.63) is 41.7 Å². The smallest absolute Gasteiger partial charge is 0.407 e. The summed E-state index contributed by atoms with van der Waals surface area (Å²) in [5, 5.41) is 25.1. The molecule has 0 aliphatic heterocycles. The number of ether oxygens (including phenoxy) is 1. The maximum atomic E-state index is 12.2. The molecule has 6 N–H and O–H groups in total. The molecule has 32 heavy (non-hydrogen) atoms. The molecular formula is C21H27N5O6. The number of carbonyl (C=O) groups is 3. The fourth-order valence-electron chi connectivity index (χ4n) is 2.68. The Morgan fingerprint density at radius 2 is 1.97 bits per heavy atom. The van der Waals surface area contributed by atoms with Gasteiger partial charge < -0.3 is 30.7 Å². The summed E-state index contributed by atoms with van der Waals surface area (Å²) in [4.78, 5) is 35.1. The summed E-state index contributed by atoms with van der Waals surface area (Å²) in [7, 11) is 0. The van der Waals surface area contributed by atoms with Crippen LogP contribution in [0.1, 0.15) is 31.1 Å². The lowest BCUT2D eigenvalue weighted by Gasteiger charge is -2.15. The Hall–Kier alpha value is -3.89. The van der Waals surface area contributed by atoms with Crippen molar-refractivity contribution in [1.82, 2.24) is 15.8 Å². The highest BCUT2D eigenvalue weighted by Crippen LogP contribution is 2.20. The van der Waals surface area contributed by atoms with Crippen LogP contribution in [0.4, 0.5) is 4.79 Å². The van der Waals surface area contributed by atoms with E-state index in [1.54, 1.807) is 6.07 Å². The third-order valence-corrected chi connectivity index (χ3v) is 4.36. The zero-order chi connectivity index (χ0) is 23.5. The number of nitrogens with two attached hydrogens (primary N) is 1. The molecule has 11 heteroatoms. The van der Waals surface area contributed by atoms with Crippen LogP contribution in [0.5, 0.6) is 0 Å². The van der Waals surface area contributed by atoms with Crippen molar-refractivity contribution in [3.8, 4) is 11.3 Å². The van der Waals surface area contributed by atoms with Crippen LogP contribution >= 0.6 is 0 Å². The Morgan fingerprint density at radius 3 is 2.59 bits per heavy atom. The molecule has 1 heterocycles. The normalized spacial score (nSPS) is 11.4. The van der Waals surface area contributed by atoms with E-state index in [0.717, 1.165) is 17.5 Å². The number of nitrogens with one attached hydrogen (secondary N) is 3. The monoisotopic (exact) mass is 445 g/mol. The zero-order valence-corrected chi connectivity index (χ0v) is 17.7. The van der Waals surface area contributed by atoms with Gasteiger partial charge in [-0.3, -0.25) is 10.2 Å². The van der Waals surface area contributed by atoms with E-state index in [1.165, 1.54) is 0 Å². The van der Waals surface area contributed by atoms with Gasteiger partial charge in [-0.2, -0.15) is 0 Å². The van der Waals surface area contributed by atoms with E-state index >= 15 is 0 Å². The van der Waals surface area contributed by atoms with Crippen molar-refractivity contribution >= 4 is 23.8 Å². The summed E-state index contributed by atoms with van der Waals surface area (Å²) in [6.45, 7) is 1.81. The van der Waals surface area contributed by atoms with E-state index in [2.05, 4.69) is 15.8 Å². The molecule has 1 aromatic carbocycles. The Labute approximate surface area is 184 Å². The maximum Gasteiger partial charge on any atom is 0.407 e. The lowest BCUT2D eigenvalue weighted by Crippen LogP contribution is -2.48. The molecular weight excluding hydrogens is 418 g/mol. The number of rotatable bonds is 12. The lowest BCUT2D eigenvalue weighted by atomic mass is 10.1. The summed E-state index contributed by atoms with van der Waals surface area (Å²) in [5.41, 5.74) is 7.58. The fraction of sp³-hybridized carbons (Fsp3) is 0.381. The minimum absolute atomic E-state index is 0.0706. The van der Waals surface area contributed by atoms with Crippen LogP contribution in [0.15, 0.2) is 34.9 Å². The number of amides is 2. The second-order valence-electron chi connectivity index (χ2n) is 7.08. The molecule has 2 aromatic rings. The van der Waals surface area contributed by atoms with Gasteiger partial charge in [-0.15, -0.1) is 0 Å². The van der Waals surface area contributed by atoms with Crippen molar-refractivity contribution in [2.45, 2.75) is 38.6 Å². The van der Waals surface area contributed by atoms with Crippen molar-refractivity contribution < 1.29 is 28.8 Å². The van der Waals surface area contributed by atoms with Gasteiger partial charge in [0.15, 0.2) is 0 Å². The first-order valence-electron chi connectivity index (χ1n) is 10.1. The molecule has 0 saturated carbocycles. The first-order valence-corrected chi connectivity index (χ1v) is 10.1. The number of hydrogen-bond acceptors (Lipinski definition) is 7. The number of alkyl carbamates (subject to hydrolysis) is 1. The number of aromatic nitrogens is 1. The average Bonchev–Trinajstić information content (AvgIpc) is 3.19. The zero-order valence-electron chi connectivity index (χ0n) is 17.7. The topological polar surface area (TPSA) is 181 Å². The molecule has 11 nitrogen and oxygen atoms in total. The molecule has 2 amide bonds.